The van der Waals surface area contributed by atoms with Crippen molar-refractivity contribution in [2.75, 3.05) is 40.3 Å². The van der Waals surface area contributed by atoms with Crippen LogP contribution in [0.15, 0.2) is 0 Å². The molecule has 0 N–H and O–H groups in total. The van der Waals surface area contributed by atoms with Gasteiger partial charge in [-0.2, -0.15) is 0 Å². The Morgan fingerprint density at radius 3 is 1.69 bits per heavy atom. The molecular weight excluding hydrogens is 160 g/mol. The van der Waals surface area contributed by atoms with Gasteiger partial charge in [0, 0.05) is 26.2 Å². The Kier molecular flexibility index (Phi) is 3.36. The van der Waals surface area contributed by atoms with Gasteiger partial charge in [0.25, 0.3) is 0 Å². The molecule has 2 nitrogen and oxygen atoms in total. The molecule has 0 spiro atoms. The highest BCUT2D eigenvalue weighted by Gasteiger charge is 2.32. The summed E-state index contributed by atoms with van der Waals surface area (Å²) in [5.74, 6) is 0.760. The standard InChI is InChI=1S/C11H24N2/c1-10(2)11(3)8-12(4)6-7-13(5)9-11/h10H,6-9H2,1-5H3. The number of hydrogen-bond donors (Lipinski definition) is 0. The largest absolute Gasteiger partial charge is 0.304 e. The van der Waals surface area contributed by atoms with Crippen LogP contribution < -0.4 is 0 Å². The van der Waals surface area contributed by atoms with Crippen LogP contribution in [-0.4, -0.2) is 50.1 Å². The van der Waals surface area contributed by atoms with E-state index in [1.54, 1.807) is 0 Å². The molecule has 78 valence electrons. The summed E-state index contributed by atoms with van der Waals surface area (Å²) in [4.78, 5) is 4.92. The fraction of sp³-hybridized carbons (Fsp3) is 1.00. The smallest absolute Gasteiger partial charge is 0.0106 e. The Bertz CT molecular complexity index is 153. The Morgan fingerprint density at radius 2 is 1.38 bits per heavy atom. The molecule has 0 radical (unpaired) electrons. The predicted molar refractivity (Wildman–Crippen MR) is 57.9 cm³/mol. The molecule has 0 bridgehead atoms. The van der Waals surface area contributed by atoms with Crippen LogP contribution in [0.2, 0.25) is 0 Å². The van der Waals surface area contributed by atoms with Crippen LogP contribution in [0.4, 0.5) is 0 Å². The average molecular weight is 184 g/mol. The molecule has 0 aliphatic carbocycles. The normalized spacial score (nSPS) is 26.3. The summed E-state index contributed by atoms with van der Waals surface area (Å²) < 4.78 is 0. The Hall–Kier alpha value is -0.0800. The molecule has 0 aromatic rings. The molecule has 13 heavy (non-hydrogen) atoms. The minimum absolute atomic E-state index is 0.458. The van der Waals surface area contributed by atoms with E-state index in [9.17, 15) is 0 Å². The molecule has 1 heterocycles. The Morgan fingerprint density at radius 1 is 1.00 bits per heavy atom. The Balaban J connectivity index is 2.71. The van der Waals surface area contributed by atoms with Crippen LogP contribution in [0.25, 0.3) is 0 Å². The summed E-state index contributed by atoms with van der Waals surface area (Å²) in [6, 6.07) is 0. The maximum atomic E-state index is 2.46. The monoisotopic (exact) mass is 184 g/mol. The third kappa shape index (κ3) is 2.68. The van der Waals surface area contributed by atoms with Gasteiger partial charge in [-0.25, -0.2) is 0 Å². The summed E-state index contributed by atoms with van der Waals surface area (Å²) in [5, 5.41) is 0. The quantitative estimate of drug-likeness (QED) is 0.610. The zero-order valence-corrected chi connectivity index (χ0v) is 9.80. The van der Waals surface area contributed by atoms with E-state index >= 15 is 0 Å². The zero-order chi connectivity index (χ0) is 10.1. The molecule has 1 aliphatic heterocycles. The highest BCUT2D eigenvalue weighted by molar-refractivity contribution is 4.86. The Labute approximate surface area is 82.9 Å². The van der Waals surface area contributed by atoms with Gasteiger partial charge in [-0.15, -0.1) is 0 Å². The van der Waals surface area contributed by atoms with Gasteiger partial charge in [0.15, 0.2) is 0 Å². The third-order valence-electron chi connectivity index (χ3n) is 3.52. The molecule has 0 aromatic carbocycles. The lowest BCUT2D eigenvalue weighted by atomic mass is 9.78. The van der Waals surface area contributed by atoms with Crippen LogP contribution in [0.3, 0.4) is 0 Å². The first-order valence-corrected chi connectivity index (χ1v) is 5.31. The summed E-state index contributed by atoms with van der Waals surface area (Å²) in [5.41, 5.74) is 0.458. The van der Waals surface area contributed by atoms with Crippen molar-refractivity contribution < 1.29 is 0 Å². The molecule has 1 aliphatic rings. The molecule has 1 fully saturated rings. The lowest BCUT2D eigenvalue weighted by Crippen LogP contribution is -2.40. The minimum atomic E-state index is 0.458. The zero-order valence-electron chi connectivity index (χ0n) is 9.80. The second-order valence-corrected chi connectivity index (χ2v) is 5.28. The lowest BCUT2D eigenvalue weighted by Gasteiger charge is -2.36. The first-order chi connectivity index (χ1) is 5.94. The van der Waals surface area contributed by atoms with Crippen LogP contribution in [0.1, 0.15) is 20.8 Å². The third-order valence-corrected chi connectivity index (χ3v) is 3.52. The maximum absolute atomic E-state index is 2.46. The first-order valence-electron chi connectivity index (χ1n) is 5.31. The fourth-order valence-corrected chi connectivity index (χ4v) is 2.15. The molecule has 1 saturated heterocycles. The molecular formula is C11H24N2. The molecule has 0 unspecified atom stereocenters. The number of hydrogen-bond acceptors (Lipinski definition) is 2. The van der Waals surface area contributed by atoms with Gasteiger partial charge >= 0.3 is 0 Å². The second kappa shape index (κ2) is 3.97. The minimum Gasteiger partial charge on any atom is -0.304 e. The van der Waals surface area contributed by atoms with Crippen LogP contribution in [0, 0.1) is 11.3 Å². The predicted octanol–water partition coefficient (Wildman–Crippen LogP) is 1.53. The molecule has 0 amide bonds. The van der Waals surface area contributed by atoms with Crippen molar-refractivity contribution in [2.45, 2.75) is 20.8 Å². The SMILES string of the molecule is CC(C)C1(C)CN(C)CCN(C)C1. The van der Waals surface area contributed by atoms with Crippen molar-refractivity contribution in [1.82, 2.24) is 9.80 Å². The van der Waals surface area contributed by atoms with Crippen LogP contribution in [-0.2, 0) is 0 Å². The van der Waals surface area contributed by atoms with Gasteiger partial charge in [-0.3, -0.25) is 0 Å². The van der Waals surface area contributed by atoms with Crippen LogP contribution in [0.5, 0.6) is 0 Å². The van der Waals surface area contributed by atoms with Crippen molar-refractivity contribution in [3.05, 3.63) is 0 Å². The van der Waals surface area contributed by atoms with Gasteiger partial charge < -0.3 is 9.80 Å². The maximum Gasteiger partial charge on any atom is 0.0106 e. The number of rotatable bonds is 1. The van der Waals surface area contributed by atoms with E-state index in [0.29, 0.717) is 5.41 Å². The van der Waals surface area contributed by atoms with E-state index in [0.717, 1.165) is 5.92 Å². The number of nitrogens with zero attached hydrogens (tertiary/aromatic N) is 2. The van der Waals surface area contributed by atoms with Gasteiger partial charge in [0.05, 0.1) is 0 Å². The van der Waals surface area contributed by atoms with E-state index in [2.05, 4.69) is 44.7 Å². The first kappa shape index (κ1) is 11.0. The van der Waals surface area contributed by atoms with Crippen molar-refractivity contribution >= 4 is 0 Å². The fourth-order valence-electron chi connectivity index (χ4n) is 2.15. The average Bonchev–Trinajstić information content (AvgIpc) is 2.11. The van der Waals surface area contributed by atoms with Crippen molar-refractivity contribution in [3.63, 3.8) is 0 Å². The second-order valence-electron chi connectivity index (χ2n) is 5.28. The topological polar surface area (TPSA) is 6.48 Å². The molecule has 2 heteroatoms. The van der Waals surface area contributed by atoms with Gasteiger partial charge in [0.1, 0.15) is 0 Å². The molecule has 0 atom stereocenters. The van der Waals surface area contributed by atoms with E-state index in [1.807, 2.05) is 0 Å². The highest BCUT2D eigenvalue weighted by Crippen LogP contribution is 2.30. The van der Waals surface area contributed by atoms with Gasteiger partial charge in [-0.05, 0) is 25.4 Å². The van der Waals surface area contributed by atoms with E-state index < -0.39 is 0 Å². The van der Waals surface area contributed by atoms with Gasteiger partial charge in [-0.1, -0.05) is 20.8 Å². The van der Waals surface area contributed by atoms with Crippen molar-refractivity contribution in [1.29, 1.82) is 0 Å². The molecule has 0 saturated carbocycles. The molecule has 0 aromatic heterocycles. The molecule has 1 rings (SSSR count). The summed E-state index contributed by atoms with van der Waals surface area (Å²) in [7, 11) is 4.47. The lowest BCUT2D eigenvalue weighted by molar-refractivity contribution is 0.132. The van der Waals surface area contributed by atoms with Gasteiger partial charge in [0.2, 0.25) is 0 Å². The highest BCUT2D eigenvalue weighted by atomic mass is 15.2. The summed E-state index contributed by atoms with van der Waals surface area (Å²) in [6.45, 7) is 12.0. The van der Waals surface area contributed by atoms with E-state index in [1.165, 1.54) is 26.2 Å². The summed E-state index contributed by atoms with van der Waals surface area (Å²) in [6.07, 6.45) is 0. The van der Waals surface area contributed by atoms with E-state index in [-0.39, 0.29) is 0 Å². The van der Waals surface area contributed by atoms with E-state index in [4.69, 9.17) is 0 Å². The van der Waals surface area contributed by atoms with Crippen molar-refractivity contribution in [3.8, 4) is 0 Å². The van der Waals surface area contributed by atoms with Crippen molar-refractivity contribution in [2.24, 2.45) is 11.3 Å². The number of likely N-dealkylation sites (N-methyl/N-ethyl adjacent to an activating group) is 2. The van der Waals surface area contributed by atoms with Crippen LogP contribution >= 0.6 is 0 Å². The summed E-state index contributed by atoms with van der Waals surface area (Å²) >= 11 is 0.